The van der Waals surface area contributed by atoms with Crippen LogP contribution < -0.4 is 10.5 Å². The van der Waals surface area contributed by atoms with Gasteiger partial charge in [-0.25, -0.2) is 13.2 Å². The Balaban J connectivity index is 2.10. The van der Waals surface area contributed by atoms with E-state index in [1.807, 2.05) is 26.8 Å². The molecule has 3 rings (SSSR count). The minimum atomic E-state index is -3.80. The van der Waals surface area contributed by atoms with Crippen molar-refractivity contribution in [2.24, 2.45) is 0 Å². The number of aromatic nitrogens is 1. The van der Waals surface area contributed by atoms with Crippen LogP contribution in [0.4, 0.5) is 5.69 Å². The van der Waals surface area contributed by atoms with Crippen LogP contribution in [0.2, 0.25) is 0 Å². The molecule has 0 fully saturated rings. The number of aryl methyl sites for hydroxylation is 4. The van der Waals surface area contributed by atoms with Gasteiger partial charge in [0.1, 0.15) is 0 Å². The van der Waals surface area contributed by atoms with Crippen LogP contribution in [0, 0.1) is 20.8 Å². The van der Waals surface area contributed by atoms with Gasteiger partial charge in [-0.1, -0.05) is 6.07 Å². The molecule has 1 N–H and O–H groups in total. The van der Waals surface area contributed by atoms with Crippen LogP contribution in [0.3, 0.4) is 0 Å². The summed E-state index contributed by atoms with van der Waals surface area (Å²) < 4.78 is 34.9. The lowest BCUT2D eigenvalue weighted by Gasteiger charge is -2.12. The third kappa shape index (κ3) is 3.19. The lowest BCUT2D eigenvalue weighted by Crippen LogP contribution is -2.15. The van der Waals surface area contributed by atoms with E-state index in [9.17, 15) is 13.2 Å². The van der Waals surface area contributed by atoms with Gasteiger partial charge in [-0.15, -0.1) is 0 Å². The highest BCUT2D eigenvalue weighted by Gasteiger charge is 2.20. The quantitative estimate of drug-likeness (QED) is 0.774. The van der Waals surface area contributed by atoms with Crippen molar-refractivity contribution in [2.45, 2.75) is 39.1 Å². The number of hydrogen-bond donors (Lipinski definition) is 1. The Bertz CT molecular complexity index is 1100. The summed E-state index contributed by atoms with van der Waals surface area (Å²) in [5.74, 6) is -0.492. The van der Waals surface area contributed by atoms with Gasteiger partial charge >= 0.3 is 5.76 Å². The summed E-state index contributed by atoms with van der Waals surface area (Å²) in [6.07, 6.45) is 0. The van der Waals surface area contributed by atoms with E-state index in [0.29, 0.717) is 23.3 Å². The van der Waals surface area contributed by atoms with E-state index in [1.165, 1.54) is 10.6 Å². The van der Waals surface area contributed by atoms with E-state index in [0.717, 1.165) is 11.1 Å². The third-order valence-corrected chi connectivity index (χ3v) is 5.57. The summed E-state index contributed by atoms with van der Waals surface area (Å²) in [4.78, 5) is 11.9. The van der Waals surface area contributed by atoms with Crippen LogP contribution >= 0.6 is 0 Å². The molecule has 0 amide bonds. The normalized spacial score (nSPS) is 11.8. The number of anilines is 1. The molecule has 2 aromatic carbocycles. The maximum absolute atomic E-state index is 12.8. The van der Waals surface area contributed by atoms with Crippen LogP contribution in [0.25, 0.3) is 11.1 Å². The molecule has 0 saturated heterocycles. The maximum atomic E-state index is 12.8. The van der Waals surface area contributed by atoms with Crippen molar-refractivity contribution < 1.29 is 12.8 Å². The first-order chi connectivity index (χ1) is 11.7. The monoisotopic (exact) mass is 360 g/mol. The molecule has 0 unspecified atom stereocenters. The second-order valence-electron chi connectivity index (χ2n) is 6.18. The number of nitrogens with zero attached hydrogens (tertiary/aromatic N) is 1. The van der Waals surface area contributed by atoms with Gasteiger partial charge in [0.15, 0.2) is 5.58 Å². The molecule has 0 atom stereocenters. The minimum Gasteiger partial charge on any atom is -0.408 e. The molecule has 0 aliphatic carbocycles. The topological polar surface area (TPSA) is 81.3 Å². The van der Waals surface area contributed by atoms with Gasteiger partial charge < -0.3 is 4.42 Å². The van der Waals surface area contributed by atoms with E-state index in [2.05, 4.69) is 4.72 Å². The Morgan fingerprint density at radius 2 is 1.68 bits per heavy atom. The molecule has 25 heavy (non-hydrogen) atoms. The molecule has 1 heterocycles. The first kappa shape index (κ1) is 17.3. The molecule has 6 nitrogen and oxygen atoms in total. The number of oxazole rings is 1. The van der Waals surface area contributed by atoms with Gasteiger partial charge in [-0.2, -0.15) is 0 Å². The first-order valence-corrected chi connectivity index (χ1v) is 9.44. The summed E-state index contributed by atoms with van der Waals surface area (Å²) in [6, 6.07) is 8.58. The largest absolute Gasteiger partial charge is 0.419 e. The molecule has 1 aromatic heterocycles. The lowest BCUT2D eigenvalue weighted by molar-refractivity contribution is 0.512. The van der Waals surface area contributed by atoms with Crippen LogP contribution in [0.1, 0.15) is 23.6 Å². The van der Waals surface area contributed by atoms with E-state index >= 15 is 0 Å². The van der Waals surface area contributed by atoms with Crippen LogP contribution in [0.5, 0.6) is 0 Å². The second-order valence-corrected chi connectivity index (χ2v) is 7.83. The lowest BCUT2D eigenvalue weighted by atomic mass is 10.1. The van der Waals surface area contributed by atoms with Gasteiger partial charge in [0.2, 0.25) is 0 Å². The molecule has 7 heteroatoms. The molecule has 0 spiro atoms. The third-order valence-electron chi connectivity index (χ3n) is 4.04. The number of rotatable bonds is 4. The molecule has 0 aliphatic heterocycles. The molecule has 132 valence electrons. The summed E-state index contributed by atoms with van der Waals surface area (Å²) in [5, 5.41) is 0. The van der Waals surface area contributed by atoms with Gasteiger partial charge in [-0.05, 0) is 62.6 Å². The van der Waals surface area contributed by atoms with Crippen LogP contribution in [-0.4, -0.2) is 13.0 Å². The Morgan fingerprint density at radius 1 is 1.04 bits per heavy atom. The van der Waals surface area contributed by atoms with E-state index in [-0.39, 0.29) is 10.5 Å². The molecular formula is C18H20N2O4S. The molecular weight excluding hydrogens is 340 g/mol. The number of hydrogen-bond acceptors (Lipinski definition) is 4. The highest BCUT2D eigenvalue weighted by molar-refractivity contribution is 7.92. The zero-order chi connectivity index (χ0) is 18.4. The number of sulfonamides is 1. The van der Waals surface area contributed by atoms with Crippen LogP contribution in [-0.2, 0) is 16.6 Å². The van der Waals surface area contributed by atoms with Gasteiger partial charge in [-0.3, -0.25) is 9.29 Å². The molecule has 0 bridgehead atoms. The van der Waals surface area contributed by atoms with Crippen molar-refractivity contribution in [1.29, 1.82) is 0 Å². The van der Waals surface area contributed by atoms with Crippen molar-refractivity contribution >= 4 is 26.8 Å². The average Bonchev–Trinajstić information content (AvgIpc) is 2.79. The zero-order valence-corrected chi connectivity index (χ0v) is 15.4. The predicted molar refractivity (Wildman–Crippen MR) is 97.6 cm³/mol. The van der Waals surface area contributed by atoms with E-state index in [4.69, 9.17) is 4.42 Å². The fraction of sp³-hybridized carbons (Fsp3) is 0.278. The summed E-state index contributed by atoms with van der Waals surface area (Å²) in [5.41, 5.74) is 3.84. The molecule has 3 aromatic rings. The number of fused-ring (bicyclic) bond motifs is 1. The van der Waals surface area contributed by atoms with Gasteiger partial charge in [0.05, 0.1) is 10.4 Å². The van der Waals surface area contributed by atoms with Gasteiger partial charge in [0, 0.05) is 18.3 Å². The van der Waals surface area contributed by atoms with Crippen molar-refractivity contribution in [3.63, 3.8) is 0 Å². The van der Waals surface area contributed by atoms with E-state index in [1.54, 1.807) is 25.1 Å². The smallest absolute Gasteiger partial charge is 0.408 e. The van der Waals surface area contributed by atoms with Crippen molar-refractivity contribution in [1.82, 2.24) is 4.57 Å². The Hall–Kier alpha value is -2.54. The highest BCUT2D eigenvalue weighted by atomic mass is 32.2. The molecule has 0 saturated carbocycles. The average molecular weight is 360 g/mol. The van der Waals surface area contributed by atoms with Crippen molar-refractivity contribution in [2.75, 3.05) is 4.72 Å². The Labute approximate surface area is 146 Å². The standard InChI is InChI=1S/C18H20N2O4S/c1-5-20-15-9-13(4)17(10-16(15)24-18(20)21)25(22,23)19-14-7-11(2)6-12(3)8-14/h6-10,19H,5H2,1-4H3. The minimum absolute atomic E-state index is 0.0937. The van der Waals surface area contributed by atoms with Crippen molar-refractivity contribution in [3.05, 3.63) is 57.6 Å². The second kappa shape index (κ2) is 6.07. The fourth-order valence-electron chi connectivity index (χ4n) is 3.03. The van der Waals surface area contributed by atoms with Crippen LogP contribution in [0.15, 0.2) is 44.4 Å². The fourth-order valence-corrected chi connectivity index (χ4v) is 4.31. The zero-order valence-electron chi connectivity index (χ0n) is 14.6. The van der Waals surface area contributed by atoms with E-state index < -0.39 is 15.8 Å². The molecule has 0 aliphatic rings. The first-order valence-electron chi connectivity index (χ1n) is 7.96. The predicted octanol–water partition coefficient (Wildman–Crippen LogP) is 3.34. The highest BCUT2D eigenvalue weighted by Crippen LogP contribution is 2.25. The van der Waals surface area contributed by atoms with Gasteiger partial charge in [0.25, 0.3) is 10.0 Å². The Kier molecular flexibility index (Phi) is 4.20. The molecule has 0 radical (unpaired) electrons. The SMILES string of the molecule is CCn1c(=O)oc2cc(S(=O)(=O)Nc3cc(C)cc(C)c3)c(C)cc21. The number of benzene rings is 2. The summed E-state index contributed by atoms with van der Waals surface area (Å²) >= 11 is 0. The number of nitrogens with one attached hydrogen (secondary N) is 1. The van der Waals surface area contributed by atoms with Crippen molar-refractivity contribution in [3.8, 4) is 0 Å². The maximum Gasteiger partial charge on any atom is 0.419 e. The Morgan fingerprint density at radius 3 is 2.28 bits per heavy atom. The summed E-state index contributed by atoms with van der Waals surface area (Å²) in [7, 11) is -3.80. The summed E-state index contributed by atoms with van der Waals surface area (Å²) in [6.45, 7) is 7.80.